The summed E-state index contributed by atoms with van der Waals surface area (Å²) in [6.07, 6.45) is -1.93. The zero-order valence-corrected chi connectivity index (χ0v) is 22.9. The number of nitrogens with one attached hydrogen (secondary N) is 1. The van der Waals surface area contributed by atoms with Gasteiger partial charge >= 0.3 is 18.2 Å². The van der Waals surface area contributed by atoms with E-state index >= 15 is 0 Å². The fraction of sp³-hybridized carbons (Fsp3) is 0.267. The fourth-order valence-electron chi connectivity index (χ4n) is 4.95. The Hall–Kier alpha value is -4.87. The SMILES string of the molecule is COc1ccc(Cn2nc(C3=CCN(C(=O)O)CC3)c3c(-c4ccc(C(C)NC(=O)C(F)(F)F)cc4)ccnc32)cc1. The lowest BCUT2D eigenvalue weighted by molar-refractivity contribution is -0.174. The largest absolute Gasteiger partial charge is 0.497 e. The lowest BCUT2D eigenvalue weighted by Gasteiger charge is -2.23. The van der Waals surface area contributed by atoms with Crippen LogP contribution in [0.5, 0.6) is 5.75 Å². The van der Waals surface area contributed by atoms with E-state index in [-0.39, 0.29) is 6.54 Å². The first-order valence-electron chi connectivity index (χ1n) is 13.2. The van der Waals surface area contributed by atoms with Crippen LogP contribution in [-0.4, -0.2) is 63.1 Å². The first kappa shape index (κ1) is 28.7. The number of ether oxygens (including phenoxy) is 1. The van der Waals surface area contributed by atoms with Gasteiger partial charge in [0.25, 0.3) is 0 Å². The van der Waals surface area contributed by atoms with Crippen molar-refractivity contribution in [3.8, 4) is 16.9 Å². The molecule has 2 aromatic heterocycles. The minimum Gasteiger partial charge on any atom is -0.497 e. The highest BCUT2D eigenvalue weighted by Gasteiger charge is 2.39. The summed E-state index contributed by atoms with van der Waals surface area (Å²) < 4.78 is 45.2. The molecule has 42 heavy (non-hydrogen) atoms. The minimum absolute atomic E-state index is 0.239. The van der Waals surface area contributed by atoms with E-state index in [1.807, 2.05) is 46.4 Å². The Kier molecular flexibility index (Phi) is 7.88. The molecule has 5 rings (SSSR count). The Morgan fingerprint density at radius 3 is 2.40 bits per heavy atom. The molecule has 0 bridgehead atoms. The van der Waals surface area contributed by atoms with Crippen molar-refractivity contribution in [2.24, 2.45) is 0 Å². The molecule has 2 amide bonds. The van der Waals surface area contributed by atoms with Crippen molar-refractivity contribution in [1.29, 1.82) is 0 Å². The highest BCUT2D eigenvalue weighted by Crippen LogP contribution is 2.36. The van der Waals surface area contributed by atoms with Gasteiger partial charge in [0.1, 0.15) is 5.75 Å². The highest BCUT2D eigenvalue weighted by molar-refractivity contribution is 6.00. The predicted molar refractivity (Wildman–Crippen MR) is 150 cm³/mol. The standard InChI is InChI=1S/C30H28F3N5O4/c1-18(35-28(39)30(31,32)33)20-5-7-21(8-6-20)24-11-14-34-27-25(24)26(22-12-15-37(16-13-22)29(40)41)36-38(27)17-19-3-9-23(42-2)10-4-19/h3-12,14,18H,13,15-17H2,1-2H3,(H,35,39)(H,40,41). The second-order valence-electron chi connectivity index (χ2n) is 9.93. The molecule has 12 heteroatoms. The molecule has 0 spiro atoms. The van der Waals surface area contributed by atoms with Gasteiger partial charge < -0.3 is 20.1 Å². The number of alkyl halides is 3. The Morgan fingerprint density at radius 1 is 1.10 bits per heavy atom. The summed E-state index contributed by atoms with van der Waals surface area (Å²) in [6.45, 7) is 2.49. The van der Waals surface area contributed by atoms with Gasteiger partial charge in [0.15, 0.2) is 5.65 Å². The first-order valence-corrected chi connectivity index (χ1v) is 13.2. The summed E-state index contributed by atoms with van der Waals surface area (Å²) in [4.78, 5) is 28.8. The van der Waals surface area contributed by atoms with Crippen LogP contribution in [0.3, 0.4) is 0 Å². The van der Waals surface area contributed by atoms with Gasteiger partial charge in [0.2, 0.25) is 0 Å². The second-order valence-corrected chi connectivity index (χ2v) is 9.93. The topological polar surface area (TPSA) is 110 Å². The third-order valence-electron chi connectivity index (χ3n) is 7.23. The molecule has 3 heterocycles. The Labute approximate surface area is 239 Å². The number of amides is 2. The third-order valence-corrected chi connectivity index (χ3v) is 7.23. The maximum Gasteiger partial charge on any atom is 0.471 e. The molecule has 0 aliphatic carbocycles. The summed E-state index contributed by atoms with van der Waals surface area (Å²) in [5.41, 5.74) is 5.33. The Balaban J connectivity index is 1.54. The quantitative estimate of drug-likeness (QED) is 0.292. The van der Waals surface area contributed by atoms with Gasteiger partial charge in [-0.05, 0) is 59.4 Å². The molecule has 1 atom stereocenters. The number of nitrogens with zero attached hydrogens (tertiary/aromatic N) is 4. The zero-order valence-electron chi connectivity index (χ0n) is 22.9. The molecule has 1 aliphatic rings. The van der Waals surface area contributed by atoms with E-state index in [9.17, 15) is 27.9 Å². The number of pyridine rings is 1. The second kappa shape index (κ2) is 11.6. The molecule has 2 aromatic carbocycles. The van der Waals surface area contributed by atoms with Crippen LogP contribution in [0.4, 0.5) is 18.0 Å². The Morgan fingerprint density at radius 2 is 1.81 bits per heavy atom. The summed E-state index contributed by atoms with van der Waals surface area (Å²) in [5.74, 6) is -1.26. The van der Waals surface area contributed by atoms with Crippen LogP contribution in [0, 0.1) is 0 Å². The first-order chi connectivity index (χ1) is 20.0. The molecular formula is C30H28F3N5O4. The number of hydrogen-bond donors (Lipinski definition) is 2. The van der Waals surface area contributed by atoms with Gasteiger partial charge in [-0.2, -0.15) is 18.3 Å². The summed E-state index contributed by atoms with van der Waals surface area (Å²) in [7, 11) is 1.60. The summed E-state index contributed by atoms with van der Waals surface area (Å²) >= 11 is 0. The fourth-order valence-corrected chi connectivity index (χ4v) is 4.95. The number of halogens is 3. The number of methoxy groups -OCH3 is 1. The van der Waals surface area contributed by atoms with E-state index in [0.717, 1.165) is 33.4 Å². The van der Waals surface area contributed by atoms with Crippen molar-refractivity contribution < 1.29 is 32.6 Å². The average Bonchev–Trinajstić information content (AvgIpc) is 3.35. The molecule has 0 radical (unpaired) electrons. The number of benzene rings is 2. The zero-order chi connectivity index (χ0) is 30.0. The summed E-state index contributed by atoms with van der Waals surface area (Å²) in [5, 5.41) is 17.1. The van der Waals surface area contributed by atoms with Crippen LogP contribution < -0.4 is 10.1 Å². The van der Waals surface area contributed by atoms with Crippen LogP contribution in [0.15, 0.2) is 66.9 Å². The number of carbonyl (C=O) groups is 2. The van der Waals surface area contributed by atoms with Crippen LogP contribution in [-0.2, 0) is 11.3 Å². The molecule has 9 nitrogen and oxygen atoms in total. The molecular weight excluding hydrogens is 551 g/mol. The maximum absolute atomic E-state index is 12.7. The van der Waals surface area contributed by atoms with E-state index in [1.165, 1.54) is 11.8 Å². The van der Waals surface area contributed by atoms with Crippen molar-refractivity contribution in [3.63, 3.8) is 0 Å². The van der Waals surface area contributed by atoms with Gasteiger partial charge in [0, 0.05) is 19.3 Å². The molecule has 4 aromatic rings. The maximum atomic E-state index is 12.7. The number of carbonyl (C=O) groups excluding carboxylic acids is 1. The number of hydrogen-bond acceptors (Lipinski definition) is 5. The van der Waals surface area contributed by atoms with Crippen LogP contribution in [0.1, 0.15) is 36.2 Å². The normalized spacial score (nSPS) is 14.4. The number of carboxylic acid groups (broad SMARTS) is 1. The van der Waals surface area contributed by atoms with E-state index in [1.54, 1.807) is 37.6 Å². The van der Waals surface area contributed by atoms with Gasteiger partial charge in [-0.25, -0.2) is 14.5 Å². The average molecular weight is 580 g/mol. The van der Waals surface area contributed by atoms with Gasteiger partial charge in [-0.15, -0.1) is 0 Å². The number of fused-ring (bicyclic) bond motifs is 1. The van der Waals surface area contributed by atoms with Crippen molar-refractivity contribution in [2.75, 3.05) is 20.2 Å². The lowest BCUT2D eigenvalue weighted by atomic mass is 9.96. The van der Waals surface area contributed by atoms with E-state index < -0.39 is 24.2 Å². The van der Waals surface area contributed by atoms with Crippen LogP contribution in [0.25, 0.3) is 27.7 Å². The molecule has 218 valence electrons. The predicted octanol–water partition coefficient (Wildman–Crippen LogP) is 5.66. The highest BCUT2D eigenvalue weighted by atomic mass is 19.4. The molecule has 0 saturated heterocycles. The van der Waals surface area contributed by atoms with Gasteiger partial charge in [0.05, 0.1) is 30.8 Å². The molecule has 0 fully saturated rings. The van der Waals surface area contributed by atoms with Gasteiger partial charge in [-0.1, -0.05) is 42.5 Å². The van der Waals surface area contributed by atoms with E-state index in [2.05, 4.69) is 4.98 Å². The molecule has 0 saturated carbocycles. The van der Waals surface area contributed by atoms with Crippen molar-refractivity contribution in [2.45, 2.75) is 32.1 Å². The van der Waals surface area contributed by atoms with E-state index in [4.69, 9.17) is 9.84 Å². The monoisotopic (exact) mass is 579 g/mol. The van der Waals surface area contributed by atoms with Crippen molar-refractivity contribution >= 4 is 28.6 Å². The van der Waals surface area contributed by atoms with Gasteiger partial charge in [-0.3, -0.25) is 4.79 Å². The molecule has 2 N–H and O–H groups in total. The number of aromatic nitrogens is 3. The summed E-state index contributed by atoms with van der Waals surface area (Å²) in [6, 6.07) is 15.5. The molecule has 1 aliphatic heterocycles. The van der Waals surface area contributed by atoms with Crippen molar-refractivity contribution in [1.82, 2.24) is 25.0 Å². The lowest BCUT2D eigenvalue weighted by Crippen LogP contribution is -2.38. The molecule has 1 unspecified atom stereocenters. The van der Waals surface area contributed by atoms with Crippen LogP contribution in [0.2, 0.25) is 0 Å². The Bertz CT molecular complexity index is 1650. The third kappa shape index (κ3) is 5.92. The van der Waals surface area contributed by atoms with Crippen molar-refractivity contribution in [3.05, 3.63) is 83.7 Å². The smallest absolute Gasteiger partial charge is 0.471 e. The van der Waals surface area contributed by atoms with Crippen LogP contribution >= 0.6 is 0 Å². The minimum atomic E-state index is -4.96. The number of rotatable bonds is 7. The van der Waals surface area contributed by atoms with E-state index in [0.29, 0.717) is 36.4 Å².